The van der Waals surface area contributed by atoms with Crippen LogP contribution < -0.4 is 16.4 Å². The first-order valence-corrected chi connectivity index (χ1v) is 9.69. The molecular weight excluding hydrogens is 356 g/mol. The average molecular weight is 380 g/mol. The second kappa shape index (κ2) is 8.35. The first-order chi connectivity index (χ1) is 13.7. The smallest absolute Gasteiger partial charge is 0.266 e. The lowest BCUT2D eigenvalue weighted by molar-refractivity contribution is 0.148. The van der Waals surface area contributed by atoms with Crippen LogP contribution in [0.1, 0.15) is 19.3 Å². The van der Waals surface area contributed by atoms with E-state index in [0.29, 0.717) is 30.6 Å². The number of aromatic nitrogens is 4. The minimum atomic E-state index is -0.0943. The zero-order valence-electron chi connectivity index (χ0n) is 15.7. The molecule has 1 aliphatic rings. The molecule has 4 rings (SSSR count). The predicted octanol–water partition coefficient (Wildman–Crippen LogP) is 1.22. The van der Waals surface area contributed by atoms with Crippen LogP contribution in [0.3, 0.4) is 0 Å². The van der Waals surface area contributed by atoms with E-state index in [1.807, 2.05) is 18.2 Å². The van der Waals surface area contributed by atoms with Crippen LogP contribution in [0, 0.1) is 0 Å². The summed E-state index contributed by atoms with van der Waals surface area (Å²) in [7, 11) is 0. The largest absolute Gasteiger partial charge is 0.368 e. The van der Waals surface area contributed by atoms with Crippen molar-refractivity contribution in [3.8, 4) is 0 Å². The van der Waals surface area contributed by atoms with Crippen LogP contribution in [0.4, 0.5) is 5.82 Å². The molecule has 0 bridgehead atoms. The number of nitrogens with one attached hydrogen (secondary N) is 1. The molecule has 0 saturated carbocycles. The maximum absolute atomic E-state index is 12.2. The van der Waals surface area contributed by atoms with Crippen LogP contribution in [-0.2, 0) is 6.54 Å². The zero-order chi connectivity index (χ0) is 19.3. The van der Waals surface area contributed by atoms with Crippen LogP contribution in [0.2, 0.25) is 0 Å². The third-order valence-electron chi connectivity index (χ3n) is 5.22. The Hall–Kier alpha value is -3.00. The molecule has 4 heterocycles. The summed E-state index contributed by atoms with van der Waals surface area (Å²) in [6, 6.07) is 10.6. The van der Waals surface area contributed by atoms with E-state index in [2.05, 4.69) is 20.3 Å². The summed E-state index contributed by atoms with van der Waals surface area (Å²) in [4.78, 5) is 31.0. The van der Waals surface area contributed by atoms with Crippen molar-refractivity contribution in [2.45, 2.75) is 31.8 Å². The number of nitrogens with zero attached hydrogens (tertiary/aromatic N) is 5. The topological polar surface area (TPSA) is 84.5 Å². The number of rotatable bonds is 6. The van der Waals surface area contributed by atoms with Gasteiger partial charge in [0.2, 0.25) is 0 Å². The van der Waals surface area contributed by atoms with E-state index < -0.39 is 0 Å². The van der Waals surface area contributed by atoms with E-state index in [9.17, 15) is 9.59 Å². The molecule has 1 aliphatic heterocycles. The van der Waals surface area contributed by atoms with Crippen molar-refractivity contribution in [2.24, 2.45) is 0 Å². The van der Waals surface area contributed by atoms with Crippen molar-refractivity contribution in [1.82, 2.24) is 24.1 Å². The Morgan fingerprint density at radius 1 is 1.07 bits per heavy atom. The van der Waals surface area contributed by atoms with Gasteiger partial charge in [0.05, 0.1) is 6.54 Å². The van der Waals surface area contributed by atoms with Gasteiger partial charge in [-0.15, -0.1) is 0 Å². The first-order valence-electron chi connectivity index (χ1n) is 9.69. The molecule has 146 valence electrons. The Bertz CT molecular complexity index is 1060. The number of pyridine rings is 1. The maximum Gasteiger partial charge on any atom is 0.266 e. The summed E-state index contributed by atoms with van der Waals surface area (Å²) in [6.45, 7) is 3.07. The highest BCUT2D eigenvalue weighted by molar-refractivity contribution is 5.46. The fraction of sp³-hybridized carbons (Fsp3) is 0.400. The van der Waals surface area contributed by atoms with E-state index in [1.165, 1.54) is 27.6 Å². The minimum Gasteiger partial charge on any atom is -0.368 e. The second-order valence-corrected chi connectivity index (χ2v) is 7.06. The molecule has 1 saturated heterocycles. The third-order valence-corrected chi connectivity index (χ3v) is 5.22. The molecule has 0 aromatic carbocycles. The fourth-order valence-electron chi connectivity index (χ4n) is 3.73. The van der Waals surface area contributed by atoms with Crippen molar-refractivity contribution >= 4 is 11.5 Å². The normalized spacial score (nSPS) is 17.6. The third kappa shape index (κ3) is 4.12. The van der Waals surface area contributed by atoms with Crippen molar-refractivity contribution in [2.75, 3.05) is 25.0 Å². The lowest BCUT2D eigenvalue weighted by atomic mass is 10.0. The standard InChI is InChI=1S/C20H24N6O2/c27-19-8-5-9-22-26(19)13-12-24-10-3-1-6-16(24)15-21-17-14-20(28)25-11-4-2-7-18(25)23-17/h2,4-5,7-9,11,14,16,21H,1,3,6,10,12-13,15H2. The summed E-state index contributed by atoms with van der Waals surface area (Å²) in [5.41, 5.74) is 0.464. The van der Waals surface area contributed by atoms with Gasteiger partial charge in [-0.1, -0.05) is 12.5 Å². The van der Waals surface area contributed by atoms with Crippen LogP contribution in [0.25, 0.3) is 5.65 Å². The summed E-state index contributed by atoms with van der Waals surface area (Å²) in [5, 5.41) is 7.47. The first kappa shape index (κ1) is 18.4. The molecule has 1 N–H and O–H groups in total. The van der Waals surface area contributed by atoms with Gasteiger partial charge in [0, 0.05) is 43.7 Å². The van der Waals surface area contributed by atoms with Gasteiger partial charge >= 0.3 is 0 Å². The number of anilines is 1. The van der Waals surface area contributed by atoms with Crippen LogP contribution in [-0.4, -0.2) is 49.7 Å². The van der Waals surface area contributed by atoms with E-state index in [0.717, 1.165) is 25.9 Å². The molecule has 0 spiro atoms. The Kier molecular flexibility index (Phi) is 5.48. The van der Waals surface area contributed by atoms with Crippen molar-refractivity contribution < 1.29 is 0 Å². The van der Waals surface area contributed by atoms with E-state index in [-0.39, 0.29) is 11.1 Å². The quantitative estimate of drug-likeness (QED) is 0.692. The van der Waals surface area contributed by atoms with Gasteiger partial charge in [-0.25, -0.2) is 9.67 Å². The minimum absolute atomic E-state index is 0.0741. The summed E-state index contributed by atoms with van der Waals surface area (Å²) >= 11 is 0. The Balaban J connectivity index is 1.42. The molecule has 1 fully saturated rings. The van der Waals surface area contributed by atoms with E-state index >= 15 is 0 Å². The molecule has 8 heteroatoms. The molecule has 28 heavy (non-hydrogen) atoms. The molecule has 0 aliphatic carbocycles. The molecule has 8 nitrogen and oxygen atoms in total. The molecule has 0 amide bonds. The molecule has 3 aromatic rings. The van der Waals surface area contributed by atoms with Crippen molar-refractivity contribution in [3.63, 3.8) is 0 Å². The molecule has 0 radical (unpaired) electrons. The van der Waals surface area contributed by atoms with Crippen molar-refractivity contribution in [3.05, 3.63) is 69.5 Å². The van der Waals surface area contributed by atoms with Gasteiger partial charge in [0.15, 0.2) is 0 Å². The highest BCUT2D eigenvalue weighted by atomic mass is 16.1. The Morgan fingerprint density at radius 2 is 2.00 bits per heavy atom. The highest BCUT2D eigenvalue weighted by Gasteiger charge is 2.22. The average Bonchev–Trinajstić information content (AvgIpc) is 2.72. The monoisotopic (exact) mass is 380 g/mol. The van der Waals surface area contributed by atoms with E-state index in [1.54, 1.807) is 18.5 Å². The van der Waals surface area contributed by atoms with Gasteiger partial charge in [0.1, 0.15) is 11.5 Å². The number of fused-ring (bicyclic) bond motifs is 1. The molecule has 3 aromatic heterocycles. The lowest BCUT2D eigenvalue weighted by Crippen LogP contribution is -2.45. The van der Waals surface area contributed by atoms with Gasteiger partial charge in [0.25, 0.3) is 11.1 Å². The highest BCUT2D eigenvalue weighted by Crippen LogP contribution is 2.17. The SMILES string of the molecule is O=c1cccnn1CCN1CCCCC1CNc1cc(=O)n2ccccc2n1. The Morgan fingerprint density at radius 3 is 2.89 bits per heavy atom. The van der Waals surface area contributed by atoms with Gasteiger partial charge < -0.3 is 5.32 Å². The lowest BCUT2D eigenvalue weighted by Gasteiger charge is -2.35. The Labute approximate surface area is 162 Å². The molecular formula is C20H24N6O2. The van der Waals surface area contributed by atoms with E-state index in [4.69, 9.17) is 0 Å². The number of piperidine rings is 1. The van der Waals surface area contributed by atoms with Gasteiger partial charge in [-0.05, 0) is 37.6 Å². The van der Waals surface area contributed by atoms with Crippen LogP contribution in [0.15, 0.2) is 58.4 Å². The number of hydrogen-bond acceptors (Lipinski definition) is 6. The summed E-state index contributed by atoms with van der Waals surface area (Å²) in [6.07, 6.45) is 6.78. The number of hydrogen-bond donors (Lipinski definition) is 1. The zero-order valence-corrected chi connectivity index (χ0v) is 15.7. The summed E-state index contributed by atoms with van der Waals surface area (Å²) in [5.74, 6) is 0.600. The van der Waals surface area contributed by atoms with Gasteiger partial charge in [-0.3, -0.25) is 18.9 Å². The predicted molar refractivity (Wildman–Crippen MR) is 108 cm³/mol. The van der Waals surface area contributed by atoms with Crippen molar-refractivity contribution in [1.29, 1.82) is 0 Å². The fourth-order valence-corrected chi connectivity index (χ4v) is 3.73. The molecule has 1 unspecified atom stereocenters. The van der Waals surface area contributed by atoms with Crippen LogP contribution >= 0.6 is 0 Å². The van der Waals surface area contributed by atoms with Crippen LogP contribution in [0.5, 0.6) is 0 Å². The maximum atomic E-state index is 12.2. The molecule has 1 atom stereocenters. The van der Waals surface area contributed by atoms with Gasteiger partial charge in [-0.2, -0.15) is 5.10 Å². The summed E-state index contributed by atoms with van der Waals surface area (Å²) < 4.78 is 3.04. The second-order valence-electron chi connectivity index (χ2n) is 7.06. The number of likely N-dealkylation sites (tertiary alicyclic amines) is 1.